The predicted molar refractivity (Wildman–Crippen MR) is 57.7 cm³/mol. The molecule has 0 unspecified atom stereocenters. The Morgan fingerprint density at radius 3 is 2.64 bits per heavy atom. The van der Waals surface area contributed by atoms with E-state index in [2.05, 4.69) is 10.3 Å². The van der Waals surface area contributed by atoms with Crippen molar-refractivity contribution in [3.8, 4) is 0 Å². The van der Waals surface area contributed by atoms with E-state index in [-0.39, 0.29) is 0 Å². The maximum atomic E-state index is 11.3. The molecule has 1 heterocycles. The van der Waals surface area contributed by atoms with Crippen LogP contribution in [0.1, 0.15) is 0 Å². The van der Waals surface area contributed by atoms with Crippen LogP contribution in [-0.2, 0) is 4.43 Å². The van der Waals surface area contributed by atoms with Crippen molar-refractivity contribution in [3.63, 3.8) is 0 Å². The van der Waals surface area contributed by atoms with Crippen molar-refractivity contribution >= 4 is 20.2 Å². The fourth-order valence-electron chi connectivity index (χ4n) is 0.845. The summed E-state index contributed by atoms with van der Waals surface area (Å²) >= 11 is 0. The normalized spacial score (nSPS) is 10.8. The number of carbonyl (C=O) groups is 1. The maximum absolute atomic E-state index is 11.3. The van der Waals surface area contributed by atoms with Gasteiger partial charge >= 0.3 is 6.09 Å². The predicted octanol–water partition coefficient (Wildman–Crippen LogP) is 2.47. The molecule has 0 fully saturated rings. The van der Waals surface area contributed by atoms with Gasteiger partial charge in [-0.15, -0.1) is 0 Å². The number of pyridine rings is 1. The molecular formula is C9H14N2O2Si. The molecule has 1 rings (SSSR count). The molecule has 14 heavy (non-hydrogen) atoms. The monoisotopic (exact) mass is 210 g/mol. The number of carbonyl (C=O) groups excluding carboxylic acids is 1. The van der Waals surface area contributed by atoms with Crippen LogP contribution in [0, 0.1) is 0 Å². The molecule has 0 saturated carbocycles. The van der Waals surface area contributed by atoms with Gasteiger partial charge in [0.1, 0.15) is 5.82 Å². The van der Waals surface area contributed by atoms with Gasteiger partial charge in [-0.25, -0.2) is 9.78 Å². The summed E-state index contributed by atoms with van der Waals surface area (Å²) in [7, 11) is -1.81. The molecule has 5 heteroatoms. The average molecular weight is 210 g/mol. The van der Waals surface area contributed by atoms with E-state index in [1.807, 2.05) is 19.6 Å². The van der Waals surface area contributed by atoms with Gasteiger partial charge in [0.25, 0.3) is 0 Å². The second-order valence-corrected chi connectivity index (χ2v) is 8.27. The van der Waals surface area contributed by atoms with Crippen LogP contribution >= 0.6 is 0 Å². The summed E-state index contributed by atoms with van der Waals surface area (Å²) < 4.78 is 5.19. The Labute approximate surface area is 84.4 Å². The zero-order valence-electron chi connectivity index (χ0n) is 8.57. The molecule has 0 spiro atoms. The van der Waals surface area contributed by atoms with Gasteiger partial charge in [0.05, 0.1) is 0 Å². The first-order valence-electron chi connectivity index (χ1n) is 4.38. The third kappa shape index (κ3) is 4.04. The van der Waals surface area contributed by atoms with Crippen molar-refractivity contribution < 1.29 is 9.22 Å². The highest BCUT2D eigenvalue weighted by Gasteiger charge is 2.19. The van der Waals surface area contributed by atoms with Crippen molar-refractivity contribution in [2.24, 2.45) is 0 Å². The van der Waals surface area contributed by atoms with E-state index in [4.69, 9.17) is 4.43 Å². The Hall–Kier alpha value is -1.36. The molecule has 0 bridgehead atoms. The first-order valence-corrected chi connectivity index (χ1v) is 7.79. The lowest BCUT2D eigenvalue weighted by Crippen LogP contribution is -2.31. The van der Waals surface area contributed by atoms with Gasteiger partial charge in [-0.2, -0.15) is 0 Å². The van der Waals surface area contributed by atoms with Crippen LogP contribution in [0.5, 0.6) is 0 Å². The van der Waals surface area contributed by atoms with Gasteiger partial charge in [0.2, 0.25) is 8.32 Å². The van der Waals surface area contributed by atoms with E-state index < -0.39 is 14.4 Å². The van der Waals surface area contributed by atoms with E-state index in [0.717, 1.165) is 0 Å². The van der Waals surface area contributed by atoms with Gasteiger partial charge in [-0.1, -0.05) is 6.07 Å². The van der Waals surface area contributed by atoms with E-state index in [9.17, 15) is 4.79 Å². The molecule has 0 atom stereocenters. The summed E-state index contributed by atoms with van der Waals surface area (Å²) in [5.74, 6) is 0.510. The summed E-state index contributed by atoms with van der Waals surface area (Å²) in [5, 5.41) is 2.56. The van der Waals surface area contributed by atoms with E-state index in [1.165, 1.54) is 0 Å². The number of anilines is 1. The molecule has 1 aromatic heterocycles. The zero-order valence-corrected chi connectivity index (χ0v) is 9.57. The lowest BCUT2D eigenvalue weighted by molar-refractivity contribution is 0.213. The lowest BCUT2D eigenvalue weighted by atomic mass is 10.5. The third-order valence-electron chi connectivity index (χ3n) is 1.29. The van der Waals surface area contributed by atoms with E-state index in [0.29, 0.717) is 5.82 Å². The number of hydrogen-bond donors (Lipinski definition) is 1. The standard InChI is InChI=1S/C9H14N2O2Si/c1-14(2,3)13-9(12)11-8-6-4-5-7-10-8/h4-7H,1-3H3,(H,10,11,12). The largest absolute Gasteiger partial charge is 0.504 e. The van der Waals surface area contributed by atoms with Crippen LogP contribution in [0.25, 0.3) is 0 Å². The molecule has 0 aliphatic carbocycles. The van der Waals surface area contributed by atoms with Crippen molar-refractivity contribution in [2.45, 2.75) is 19.6 Å². The first-order chi connectivity index (χ1) is 6.47. The number of nitrogens with one attached hydrogen (secondary N) is 1. The second kappa shape index (κ2) is 4.23. The molecule has 1 amide bonds. The highest BCUT2D eigenvalue weighted by Crippen LogP contribution is 2.06. The number of rotatable bonds is 2. The zero-order chi connectivity index (χ0) is 10.6. The lowest BCUT2D eigenvalue weighted by Gasteiger charge is -2.17. The van der Waals surface area contributed by atoms with Gasteiger partial charge < -0.3 is 4.43 Å². The maximum Gasteiger partial charge on any atom is 0.399 e. The Kier molecular flexibility index (Phi) is 3.24. The van der Waals surface area contributed by atoms with E-state index in [1.54, 1.807) is 24.4 Å². The fourth-order valence-corrected chi connectivity index (χ4v) is 1.45. The van der Waals surface area contributed by atoms with Crippen LogP contribution in [-0.4, -0.2) is 19.4 Å². The minimum atomic E-state index is -1.81. The fraction of sp³-hybridized carbons (Fsp3) is 0.333. The Morgan fingerprint density at radius 2 is 2.14 bits per heavy atom. The van der Waals surface area contributed by atoms with Crippen molar-refractivity contribution in [3.05, 3.63) is 24.4 Å². The van der Waals surface area contributed by atoms with Gasteiger partial charge in [0.15, 0.2) is 0 Å². The summed E-state index contributed by atoms with van der Waals surface area (Å²) in [6.45, 7) is 5.85. The third-order valence-corrected chi connectivity index (χ3v) is 2.09. The molecule has 0 aromatic carbocycles. The van der Waals surface area contributed by atoms with Crippen LogP contribution in [0.4, 0.5) is 10.6 Å². The molecule has 0 aliphatic rings. The summed E-state index contributed by atoms with van der Waals surface area (Å²) in [6, 6.07) is 5.30. The van der Waals surface area contributed by atoms with Crippen molar-refractivity contribution in [1.82, 2.24) is 4.98 Å². The van der Waals surface area contributed by atoms with Crippen LogP contribution in [0.3, 0.4) is 0 Å². The summed E-state index contributed by atoms with van der Waals surface area (Å²) in [4.78, 5) is 15.2. The smallest absolute Gasteiger partial charge is 0.399 e. The molecule has 0 radical (unpaired) electrons. The Bertz CT molecular complexity index is 308. The van der Waals surface area contributed by atoms with Gasteiger partial charge in [-0.05, 0) is 31.8 Å². The van der Waals surface area contributed by atoms with Gasteiger partial charge in [-0.3, -0.25) is 5.32 Å². The number of aromatic nitrogens is 1. The topological polar surface area (TPSA) is 51.2 Å². The number of amides is 1. The van der Waals surface area contributed by atoms with E-state index >= 15 is 0 Å². The number of nitrogens with zero attached hydrogens (tertiary/aromatic N) is 1. The molecule has 0 saturated heterocycles. The first kappa shape index (κ1) is 10.7. The summed E-state index contributed by atoms with van der Waals surface area (Å²) in [6.07, 6.45) is 1.19. The highest BCUT2D eigenvalue weighted by atomic mass is 28.4. The van der Waals surface area contributed by atoms with Crippen LogP contribution in [0.2, 0.25) is 19.6 Å². The molecule has 1 N–H and O–H groups in total. The van der Waals surface area contributed by atoms with Crippen LogP contribution in [0.15, 0.2) is 24.4 Å². The van der Waals surface area contributed by atoms with Crippen LogP contribution < -0.4 is 5.32 Å². The Morgan fingerprint density at radius 1 is 1.43 bits per heavy atom. The number of hydrogen-bond acceptors (Lipinski definition) is 3. The van der Waals surface area contributed by atoms with Crippen molar-refractivity contribution in [2.75, 3.05) is 5.32 Å². The minimum absolute atomic E-state index is 0.428. The average Bonchev–Trinajstić information content (AvgIpc) is 2.02. The SMILES string of the molecule is C[Si](C)(C)OC(=O)Nc1ccccn1. The molecular weight excluding hydrogens is 196 g/mol. The van der Waals surface area contributed by atoms with Gasteiger partial charge in [0, 0.05) is 6.20 Å². The minimum Gasteiger partial charge on any atom is -0.504 e. The molecule has 1 aromatic rings. The second-order valence-electron chi connectivity index (χ2n) is 3.84. The molecule has 76 valence electrons. The highest BCUT2D eigenvalue weighted by molar-refractivity contribution is 6.71. The molecule has 0 aliphatic heterocycles. The quantitative estimate of drug-likeness (QED) is 0.763. The molecule has 4 nitrogen and oxygen atoms in total. The summed E-state index contributed by atoms with van der Waals surface area (Å²) in [5.41, 5.74) is 0. The van der Waals surface area contributed by atoms with Crippen molar-refractivity contribution in [1.29, 1.82) is 0 Å². The Balaban J connectivity index is 2.50.